The Bertz CT molecular complexity index is 278. The Labute approximate surface area is 110 Å². The van der Waals surface area contributed by atoms with Crippen LogP contribution in [0.5, 0.6) is 0 Å². The normalized spacial score (nSPS) is 25.6. The number of hydrogen-bond donors (Lipinski definition) is 0. The Morgan fingerprint density at radius 2 is 2.00 bits per heavy atom. The number of ketones is 1. The molecule has 0 aromatic carbocycles. The molecule has 0 aromatic heterocycles. The van der Waals surface area contributed by atoms with Gasteiger partial charge >= 0.3 is 0 Å². The molecule has 104 valence electrons. The molecule has 0 bridgehead atoms. The van der Waals surface area contributed by atoms with Crippen molar-refractivity contribution in [2.45, 2.75) is 59.3 Å². The van der Waals surface area contributed by atoms with E-state index in [1.807, 2.05) is 0 Å². The third-order valence-electron chi connectivity index (χ3n) is 4.17. The molecular formula is C15H26O3. The van der Waals surface area contributed by atoms with Gasteiger partial charge in [0.15, 0.2) is 0 Å². The minimum atomic E-state index is 0.188. The van der Waals surface area contributed by atoms with E-state index in [-0.39, 0.29) is 5.92 Å². The van der Waals surface area contributed by atoms with Crippen LogP contribution in [0.4, 0.5) is 0 Å². The van der Waals surface area contributed by atoms with Crippen molar-refractivity contribution in [3.8, 4) is 0 Å². The Morgan fingerprint density at radius 1 is 1.28 bits per heavy atom. The fraction of sp³-hybridized carbons (Fsp3) is 0.867. The quantitative estimate of drug-likeness (QED) is 0.429. The molecule has 0 amide bonds. The van der Waals surface area contributed by atoms with Gasteiger partial charge in [0.2, 0.25) is 0 Å². The van der Waals surface area contributed by atoms with Crippen LogP contribution in [0.3, 0.4) is 0 Å². The predicted molar refractivity (Wildman–Crippen MR) is 71.2 cm³/mol. The minimum absolute atomic E-state index is 0.188. The minimum Gasteiger partial charge on any atom is -0.468 e. The molecule has 0 aromatic rings. The van der Waals surface area contributed by atoms with Crippen molar-refractivity contribution in [2.24, 2.45) is 17.3 Å². The highest BCUT2D eigenvalue weighted by molar-refractivity contribution is 5.81. The van der Waals surface area contributed by atoms with Gasteiger partial charge in [-0.05, 0) is 43.4 Å². The summed E-state index contributed by atoms with van der Waals surface area (Å²) in [6.07, 6.45) is 5.57. The topological polar surface area (TPSA) is 43.4 Å². The smallest absolute Gasteiger partial charge is 0.293 e. The summed E-state index contributed by atoms with van der Waals surface area (Å²) in [5, 5.41) is 0. The zero-order valence-corrected chi connectivity index (χ0v) is 11.9. The first kappa shape index (κ1) is 15.2. The Balaban J connectivity index is 2.42. The van der Waals surface area contributed by atoms with E-state index in [0.29, 0.717) is 30.2 Å². The molecule has 18 heavy (non-hydrogen) atoms. The van der Waals surface area contributed by atoms with E-state index < -0.39 is 0 Å². The molecule has 3 heteroatoms. The van der Waals surface area contributed by atoms with Gasteiger partial charge in [0.05, 0.1) is 6.61 Å². The monoisotopic (exact) mass is 254 g/mol. The third kappa shape index (κ3) is 4.79. The molecule has 0 radical (unpaired) electrons. The lowest BCUT2D eigenvalue weighted by molar-refractivity contribution is -0.128. The van der Waals surface area contributed by atoms with Crippen LogP contribution in [0.15, 0.2) is 0 Å². The fourth-order valence-electron chi connectivity index (χ4n) is 2.86. The Hall–Kier alpha value is -0.860. The highest BCUT2D eigenvalue weighted by Crippen LogP contribution is 2.38. The summed E-state index contributed by atoms with van der Waals surface area (Å²) < 4.78 is 4.67. The maximum atomic E-state index is 12.0. The number of hydrogen-bond acceptors (Lipinski definition) is 3. The molecule has 1 saturated carbocycles. The van der Waals surface area contributed by atoms with Gasteiger partial charge in [-0.2, -0.15) is 0 Å². The highest BCUT2D eigenvalue weighted by atomic mass is 16.5. The molecule has 0 spiro atoms. The van der Waals surface area contributed by atoms with Gasteiger partial charge in [-0.3, -0.25) is 9.59 Å². The summed E-state index contributed by atoms with van der Waals surface area (Å²) in [7, 11) is 0. The lowest BCUT2D eigenvalue weighted by Crippen LogP contribution is -2.19. The van der Waals surface area contributed by atoms with E-state index in [2.05, 4.69) is 25.5 Å². The summed E-state index contributed by atoms with van der Waals surface area (Å²) in [4.78, 5) is 22.1. The molecule has 0 heterocycles. The van der Waals surface area contributed by atoms with Gasteiger partial charge < -0.3 is 4.74 Å². The maximum absolute atomic E-state index is 12.0. The SMILES string of the molecule is CC(C)(C)C1CCC(=O)C(CCCOC=O)CC1. The summed E-state index contributed by atoms with van der Waals surface area (Å²) in [5.41, 5.74) is 0.301. The molecule has 0 N–H and O–H groups in total. The molecule has 0 saturated heterocycles. The second kappa shape index (κ2) is 6.91. The van der Waals surface area contributed by atoms with E-state index in [0.717, 1.165) is 38.5 Å². The van der Waals surface area contributed by atoms with E-state index in [1.165, 1.54) is 0 Å². The van der Waals surface area contributed by atoms with Gasteiger partial charge in [-0.1, -0.05) is 20.8 Å². The standard InChI is InChI=1S/C15H26O3/c1-15(2,3)13-7-6-12(14(17)9-8-13)5-4-10-18-11-16/h11-13H,4-10H2,1-3H3. The molecule has 1 fully saturated rings. The molecule has 3 nitrogen and oxygen atoms in total. The first-order valence-corrected chi connectivity index (χ1v) is 7.03. The second-order valence-electron chi connectivity index (χ2n) is 6.45. The zero-order chi connectivity index (χ0) is 13.6. The van der Waals surface area contributed by atoms with Crippen LogP contribution in [0.2, 0.25) is 0 Å². The van der Waals surface area contributed by atoms with Crippen LogP contribution in [0.1, 0.15) is 59.3 Å². The molecule has 2 atom stereocenters. The van der Waals surface area contributed by atoms with Crippen LogP contribution >= 0.6 is 0 Å². The summed E-state index contributed by atoms with van der Waals surface area (Å²) in [5.74, 6) is 1.25. The van der Waals surface area contributed by atoms with Crippen molar-refractivity contribution in [3.05, 3.63) is 0 Å². The fourth-order valence-corrected chi connectivity index (χ4v) is 2.86. The van der Waals surface area contributed by atoms with Gasteiger partial charge in [0.25, 0.3) is 6.47 Å². The summed E-state index contributed by atoms with van der Waals surface area (Å²) in [6, 6.07) is 0. The second-order valence-corrected chi connectivity index (χ2v) is 6.45. The highest BCUT2D eigenvalue weighted by Gasteiger charge is 2.31. The molecule has 0 aliphatic heterocycles. The number of carbonyl (C=O) groups is 2. The van der Waals surface area contributed by atoms with Gasteiger partial charge in [-0.25, -0.2) is 0 Å². The average molecular weight is 254 g/mol. The maximum Gasteiger partial charge on any atom is 0.293 e. The molecule has 2 unspecified atom stereocenters. The lowest BCUT2D eigenvalue weighted by atomic mass is 9.76. The van der Waals surface area contributed by atoms with Crippen LogP contribution in [-0.2, 0) is 14.3 Å². The van der Waals surface area contributed by atoms with E-state index >= 15 is 0 Å². The van der Waals surface area contributed by atoms with Crippen molar-refractivity contribution in [2.75, 3.05) is 6.61 Å². The van der Waals surface area contributed by atoms with E-state index in [9.17, 15) is 9.59 Å². The predicted octanol–water partition coefficient (Wildman–Crippen LogP) is 3.36. The number of carbonyl (C=O) groups excluding carboxylic acids is 2. The van der Waals surface area contributed by atoms with Crippen molar-refractivity contribution in [1.82, 2.24) is 0 Å². The number of rotatable bonds is 5. The lowest BCUT2D eigenvalue weighted by Gasteiger charge is -2.29. The van der Waals surface area contributed by atoms with Crippen molar-refractivity contribution in [3.63, 3.8) is 0 Å². The molecule has 1 aliphatic carbocycles. The number of ether oxygens (including phenoxy) is 1. The van der Waals surface area contributed by atoms with Crippen molar-refractivity contribution < 1.29 is 14.3 Å². The summed E-state index contributed by atoms with van der Waals surface area (Å²) in [6.45, 7) is 7.71. The van der Waals surface area contributed by atoms with Crippen LogP contribution < -0.4 is 0 Å². The summed E-state index contributed by atoms with van der Waals surface area (Å²) >= 11 is 0. The largest absolute Gasteiger partial charge is 0.468 e. The molecule has 1 rings (SSSR count). The third-order valence-corrected chi connectivity index (χ3v) is 4.17. The van der Waals surface area contributed by atoms with Crippen LogP contribution in [0.25, 0.3) is 0 Å². The van der Waals surface area contributed by atoms with Gasteiger partial charge in [0.1, 0.15) is 5.78 Å². The van der Waals surface area contributed by atoms with Gasteiger partial charge in [0, 0.05) is 12.3 Å². The van der Waals surface area contributed by atoms with Crippen LogP contribution in [0, 0.1) is 17.3 Å². The first-order chi connectivity index (χ1) is 8.45. The van der Waals surface area contributed by atoms with Crippen molar-refractivity contribution >= 4 is 12.3 Å². The zero-order valence-electron chi connectivity index (χ0n) is 11.9. The van der Waals surface area contributed by atoms with Crippen molar-refractivity contribution in [1.29, 1.82) is 0 Å². The van der Waals surface area contributed by atoms with E-state index in [1.54, 1.807) is 0 Å². The first-order valence-electron chi connectivity index (χ1n) is 7.03. The van der Waals surface area contributed by atoms with Gasteiger partial charge in [-0.15, -0.1) is 0 Å². The Morgan fingerprint density at radius 3 is 2.61 bits per heavy atom. The van der Waals surface area contributed by atoms with E-state index in [4.69, 9.17) is 0 Å². The average Bonchev–Trinajstić information content (AvgIpc) is 2.47. The molecule has 1 aliphatic rings. The number of Topliss-reactive ketones (excluding diaryl/α,β-unsaturated/α-hetero) is 1. The Kier molecular flexibility index (Phi) is 5.83. The van der Waals surface area contributed by atoms with Crippen LogP contribution in [-0.4, -0.2) is 18.9 Å². The molecular weight excluding hydrogens is 228 g/mol.